The second kappa shape index (κ2) is 7.50. The fourth-order valence-electron chi connectivity index (χ4n) is 3.75. The topological polar surface area (TPSA) is 65.1 Å². The minimum Gasteiger partial charge on any atom is -0.278 e. The summed E-state index contributed by atoms with van der Waals surface area (Å²) in [5.74, 6) is 1.04. The fourth-order valence-corrected chi connectivity index (χ4v) is 4.83. The first-order valence-corrected chi connectivity index (χ1v) is 10.8. The van der Waals surface area contributed by atoms with Gasteiger partial charge in [0.25, 0.3) is 0 Å². The van der Waals surface area contributed by atoms with Gasteiger partial charge in [-0.2, -0.15) is 4.52 Å². The molecule has 0 amide bonds. The molecule has 0 aliphatic carbocycles. The van der Waals surface area contributed by atoms with Gasteiger partial charge in [-0.25, -0.2) is 9.78 Å². The Morgan fingerprint density at radius 2 is 1.83 bits per heavy atom. The lowest BCUT2D eigenvalue weighted by atomic mass is 10.0. The molecule has 0 saturated heterocycles. The first-order valence-electron chi connectivity index (χ1n) is 9.96. The Balaban J connectivity index is 1.80. The van der Waals surface area contributed by atoms with Crippen molar-refractivity contribution in [1.82, 2.24) is 24.1 Å². The largest absolute Gasteiger partial charge is 0.352 e. The van der Waals surface area contributed by atoms with Crippen molar-refractivity contribution < 1.29 is 0 Å². The van der Waals surface area contributed by atoms with Crippen molar-refractivity contribution in [2.24, 2.45) is 5.92 Å². The number of thiophene rings is 1. The van der Waals surface area contributed by atoms with Crippen LogP contribution in [0, 0.1) is 5.92 Å². The second-order valence-corrected chi connectivity index (χ2v) is 8.66. The zero-order valence-corrected chi connectivity index (χ0v) is 17.6. The van der Waals surface area contributed by atoms with Crippen molar-refractivity contribution >= 4 is 27.2 Å². The lowest BCUT2D eigenvalue weighted by Crippen LogP contribution is -2.28. The van der Waals surface area contributed by atoms with Gasteiger partial charge in [-0.15, -0.1) is 16.4 Å². The quantitative estimate of drug-likeness (QED) is 0.426. The smallest absolute Gasteiger partial charge is 0.278 e. The predicted molar refractivity (Wildman–Crippen MR) is 120 cm³/mol. The summed E-state index contributed by atoms with van der Waals surface area (Å²) in [5.41, 5.74) is 3.59. The molecule has 4 aromatic heterocycles. The molecule has 1 aromatic carbocycles. The molecule has 0 unspecified atom stereocenters. The molecule has 0 atom stereocenters. The zero-order chi connectivity index (χ0) is 20.7. The molecule has 0 saturated carbocycles. The SMILES string of the molecule is CC(C)Cc1csc2c1c1nc(-c3ccncc3)nn1c(=O)n2Cc1ccccc1. The van der Waals surface area contributed by atoms with E-state index in [1.807, 2.05) is 47.0 Å². The Morgan fingerprint density at radius 3 is 2.57 bits per heavy atom. The van der Waals surface area contributed by atoms with Crippen LogP contribution in [0.25, 0.3) is 27.3 Å². The van der Waals surface area contributed by atoms with Crippen molar-refractivity contribution in [3.05, 3.63) is 81.8 Å². The molecule has 150 valence electrons. The first kappa shape index (κ1) is 18.7. The van der Waals surface area contributed by atoms with Gasteiger partial charge in [0.1, 0.15) is 4.83 Å². The Labute approximate surface area is 177 Å². The monoisotopic (exact) mass is 415 g/mol. The lowest BCUT2D eigenvalue weighted by molar-refractivity contribution is 0.650. The molecule has 0 fully saturated rings. The van der Waals surface area contributed by atoms with Crippen molar-refractivity contribution in [1.29, 1.82) is 0 Å². The van der Waals surface area contributed by atoms with E-state index in [9.17, 15) is 4.79 Å². The van der Waals surface area contributed by atoms with Crippen molar-refractivity contribution in [3.8, 4) is 11.4 Å². The summed E-state index contributed by atoms with van der Waals surface area (Å²) in [4.78, 5) is 23.2. The van der Waals surface area contributed by atoms with Crippen LogP contribution < -0.4 is 5.69 Å². The number of rotatable bonds is 5. The van der Waals surface area contributed by atoms with Gasteiger partial charge >= 0.3 is 5.69 Å². The maximum Gasteiger partial charge on any atom is 0.352 e. The number of hydrogen-bond acceptors (Lipinski definition) is 5. The maximum absolute atomic E-state index is 13.4. The summed E-state index contributed by atoms with van der Waals surface area (Å²) >= 11 is 1.61. The molecule has 0 bridgehead atoms. The number of hydrogen-bond donors (Lipinski definition) is 0. The molecular formula is C23H21N5OS. The minimum absolute atomic E-state index is 0.174. The van der Waals surface area contributed by atoms with Crippen LogP contribution in [0.4, 0.5) is 0 Å². The fraction of sp³-hybridized carbons (Fsp3) is 0.217. The van der Waals surface area contributed by atoms with Gasteiger partial charge in [-0.1, -0.05) is 44.2 Å². The van der Waals surface area contributed by atoms with Crippen LogP contribution in [0.2, 0.25) is 0 Å². The zero-order valence-electron chi connectivity index (χ0n) is 16.8. The number of benzene rings is 1. The summed E-state index contributed by atoms with van der Waals surface area (Å²) in [6.45, 7) is 4.90. The van der Waals surface area contributed by atoms with E-state index in [-0.39, 0.29) is 5.69 Å². The van der Waals surface area contributed by atoms with E-state index >= 15 is 0 Å². The van der Waals surface area contributed by atoms with E-state index in [1.54, 1.807) is 23.7 Å². The normalized spacial score (nSPS) is 11.7. The van der Waals surface area contributed by atoms with Gasteiger partial charge in [0.2, 0.25) is 0 Å². The van der Waals surface area contributed by atoms with Crippen molar-refractivity contribution in [2.75, 3.05) is 0 Å². The Kier molecular flexibility index (Phi) is 4.67. The van der Waals surface area contributed by atoms with Crippen molar-refractivity contribution in [3.63, 3.8) is 0 Å². The molecule has 5 aromatic rings. The molecule has 0 aliphatic rings. The Hall–Kier alpha value is -3.32. The second-order valence-electron chi connectivity index (χ2n) is 7.80. The van der Waals surface area contributed by atoms with Gasteiger partial charge in [-0.3, -0.25) is 9.55 Å². The van der Waals surface area contributed by atoms with Crippen LogP contribution in [0.15, 0.2) is 65.0 Å². The van der Waals surface area contributed by atoms with Crippen LogP contribution >= 0.6 is 11.3 Å². The molecule has 0 radical (unpaired) electrons. The number of pyridine rings is 1. The average Bonchev–Trinajstić information content (AvgIpc) is 3.37. The summed E-state index contributed by atoms with van der Waals surface area (Å²) in [5, 5.41) is 7.77. The lowest BCUT2D eigenvalue weighted by Gasteiger charge is -2.10. The Morgan fingerprint density at radius 1 is 1.07 bits per heavy atom. The molecule has 6 nitrogen and oxygen atoms in total. The van der Waals surface area contributed by atoms with Crippen LogP contribution in [-0.2, 0) is 13.0 Å². The highest BCUT2D eigenvalue weighted by Crippen LogP contribution is 2.31. The predicted octanol–water partition coefficient (Wildman–Crippen LogP) is 4.41. The number of nitrogens with zero attached hydrogens (tertiary/aromatic N) is 5. The van der Waals surface area contributed by atoms with Gasteiger partial charge in [0.05, 0.1) is 11.9 Å². The molecule has 7 heteroatoms. The van der Waals surface area contributed by atoms with Gasteiger partial charge in [0.15, 0.2) is 11.5 Å². The Bertz CT molecular complexity index is 1380. The third-order valence-corrected chi connectivity index (χ3v) is 6.14. The highest BCUT2D eigenvalue weighted by Gasteiger charge is 2.20. The minimum atomic E-state index is -0.174. The molecular weight excluding hydrogens is 394 g/mol. The summed E-state index contributed by atoms with van der Waals surface area (Å²) in [6.07, 6.45) is 4.34. The summed E-state index contributed by atoms with van der Waals surface area (Å²) in [7, 11) is 0. The molecule has 0 aliphatic heterocycles. The van der Waals surface area contributed by atoms with E-state index in [4.69, 9.17) is 4.98 Å². The first-order chi connectivity index (χ1) is 14.6. The third kappa shape index (κ3) is 3.21. The van der Waals surface area contributed by atoms with Crippen LogP contribution in [0.3, 0.4) is 0 Å². The standard InChI is InChI=1S/C23H21N5OS/c1-15(2)12-18-14-30-22-19(18)21-25-20(17-8-10-24-11-9-17)26-28(21)23(29)27(22)13-16-6-4-3-5-7-16/h3-11,14-15H,12-13H2,1-2H3. The summed E-state index contributed by atoms with van der Waals surface area (Å²) < 4.78 is 3.27. The van der Waals surface area contributed by atoms with E-state index in [0.29, 0.717) is 23.9 Å². The van der Waals surface area contributed by atoms with Crippen molar-refractivity contribution in [2.45, 2.75) is 26.8 Å². The number of aromatic nitrogens is 5. The maximum atomic E-state index is 13.4. The highest BCUT2D eigenvalue weighted by molar-refractivity contribution is 7.17. The van der Waals surface area contributed by atoms with Crippen LogP contribution in [0.1, 0.15) is 25.0 Å². The molecule has 30 heavy (non-hydrogen) atoms. The number of fused-ring (bicyclic) bond motifs is 3. The average molecular weight is 416 g/mol. The van der Waals surface area contributed by atoms with E-state index in [2.05, 4.69) is 29.3 Å². The summed E-state index contributed by atoms with van der Waals surface area (Å²) in [6, 6.07) is 13.8. The van der Waals surface area contributed by atoms with Crippen LogP contribution in [-0.4, -0.2) is 24.1 Å². The van der Waals surface area contributed by atoms with Gasteiger partial charge in [-0.05, 0) is 41.0 Å². The molecule has 4 heterocycles. The van der Waals surface area contributed by atoms with Gasteiger partial charge in [0, 0.05) is 18.0 Å². The third-order valence-electron chi connectivity index (χ3n) is 5.09. The molecule has 5 rings (SSSR count). The molecule has 0 N–H and O–H groups in total. The molecule has 0 spiro atoms. The highest BCUT2D eigenvalue weighted by atomic mass is 32.1. The van der Waals surface area contributed by atoms with Gasteiger partial charge < -0.3 is 0 Å². The van der Waals surface area contributed by atoms with E-state index in [1.165, 1.54) is 10.1 Å². The van der Waals surface area contributed by atoms with E-state index in [0.717, 1.165) is 27.8 Å². The van der Waals surface area contributed by atoms with E-state index < -0.39 is 0 Å². The van der Waals surface area contributed by atoms with Crippen LogP contribution in [0.5, 0.6) is 0 Å².